The van der Waals surface area contributed by atoms with Crippen molar-refractivity contribution >= 4 is 44.8 Å². The van der Waals surface area contributed by atoms with Gasteiger partial charge in [0.15, 0.2) is 0 Å². The molecular formula is C31H31ClN8. The van der Waals surface area contributed by atoms with E-state index in [1.165, 1.54) is 0 Å². The Balaban J connectivity index is 1.48. The molecule has 202 valence electrons. The highest BCUT2D eigenvalue weighted by Crippen LogP contribution is 2.43. The molecule has 0 radical (unpaired) electrons. The van der Waals surface area contributed by atoms with Crippen molar-refractivity contribution in [3.05, 3.63) is 82.9 Å². The molecule has 3 heterocycles. The van der Waals surface area contributed by atoms with E-state index >= 15 is 0 Å². The largest absolute Gasteiger partial charge is 0.383 e. The van der Waals surface area contributed by atoms with Crippen LogP contribution in [0.1, 0.15) is 63.4 Å². The minimum Gasteiger partial charge on any atom is -0.383 e. The average molecular weight is 551 g/mol. The van der Waals surface area contributed by atoms with Crippen molar-refractivity contribution < 1.29 is 0 Å². The summed E-state index contributed by atoms with van der Waals surface area (Å²) in [6, 6.07) is 16.0. The number of nitrogens with one attached hydrogen (secondary N) is 2. The van der Waals surface area contributed by atoms with Crippen LogP contribution in [0.5, 0.6) is 0 Å². The second-order valence-corrected chi connectivity index (χ2v) is 12.4. The molecule has 1 aliphatic rings. The van der Waals surface area contributed by atoms with Gasteiger partial charge in [-0.15, -0.1) is 5.10 Å². The van der Waals surface area contributed by atoms with Crippen molar-refractivity contribution in [1.82, 2.24) is 25.0 Å². The van der Waals surface area contributed by atoms with Crippen molar-refractivity contribution in [2.75, 3.05) is 17.2 Å². The van der Waals surface area contributed by atoms with Crippen LogP contribution in [0.25, 0.3) is 21.8 Å². The number of anilines is 2. The Morgan fingerprint density at radius 1 is 1.12 bits per heavy atom. The number of rotatable bonds is 7. The lowest BCUT2D eigenvalue weighted by Crippen LogP contribution is -2.20. The van der Waals surface area contributed by atoms with E-state index in [-0.39, 0.29) is 17.0 Å². The van der Waals surface area contributed by atoms with Crippen LogP contribution in [0.15, 0.2) is 61.1 Å². The zero-order chi connectivity index (χ0) is 28.1. The Kier molecular flexibility index (Phi) is 6.35. The van der Waals surface area contributed by atoms with Gasteiger partial charge in [-0.2, -0.15) is 5.26 Å². The normalized spacial score (nSPS) is 15.1. The second kappa shape index (κ2) is 9.76. The smallest absolute Gasteiger partial charge is 0.110 e. The third kappa shape index (κ3) is 4.93. The number of fused-ring (bicyclic) bond motifs is 2. The van der Waals surface area contributed by atoms with E-state index in [0.29, 0.717) is 22.6 Å². The molecule has 9 heteroatoms. The molecule has 1 atom stereocenters. The maximum Gasteiger partial charge on any atom is 0.110 e. The summed E-state index contributed by atoms with van der Waals surface area (Å²) in [5.41, 5.74) is 5.40. The maximum atomic E-state index is 9.86. The quantitative estimate of drug-likeness (QED) is 0.223. The Morgan fingerprint density at radius 2 is 1.95 bits per heavy atom. The molecule has 6 rings (SSSR count). The molecular weight excluding hydrogens is 520 g/mol. The number of benzene rings is 2. The standard InChI is InChI=1S/C31H31ClN8/c1-30(2,3)18-36-27-19(15-33)16-35-28-23(27)13-20(14-24(28)32)37-29(26-17-40(39-38-26)31(4)10-11-31)22-7-5-9-25-21(22)8-6-12-34-25/h5-9,12-14,16-17,29,37H,10-11,18H2,1-4H3,(H,35,36)/t29-/m0/s1. The average Bonchev–Trinajstić information content (AvgIpc) is 3.48. The molecule has 0 spiro atoms. The topological polar surface area (TPSA) is 104 Å². The van der Waals surface area contributed by atoms with Gasteiger partial charge in [0.1, 0.15) is 11.8 Å². The molecule has 8 nitrogen and oxygen atoms in total. The lowest BCUT2D eigenvalue weighted by atomic mass is 9.96. The van der Waals surface area contributed by atoms with E-state index in [9.17, 15) is 5.26 Å². The molecule has 2 aromatic carbocycles. The van der Waals surface area contributed by atoms with E-state index in [1.807, 2.05) is 41.2 Å². The first kappa shape index (κ1) is 26.0. The molecule has 0 unspecified atom stereocenters. The van der Waals surface area contributed by atoms with Crippen LogP contribution < -0.4 is 10.6 Å². The summed E-state index contributed by atoms with van der Waals surface area (Å²) in [4.78, 5) is 9.08. The molecule has 0 aliphatic heterocycles. The molecule has 3 aromatic heterocycles. The van der Waals surface area contributed by atoms with Gasteiger partial charge in [0.05, 0.1) is 45.1 Å². The number of nitrogens with zero attached hydrogens (tertiary/aromatic N) is 6. The third-order valence-electron chi connectivity index (χ3n) is 7.48. The summed E-state index contributed by atoms with van der Waals surface area (Å²) in [5, 5.41) is 28.5. The first-order valence-electron chi connectivity index (χ1n) is 13.4. The predicted molar refractivity (Wildman–Crippen MR) is 160 cm³/mol. The van der Waals surface area contributed by atoms with Gasteiger partial charge in [-0.25, -0.2) is 4.68 Å². The maximum absolute atomic E-state index is 9.86. The van der Waals surface area contributed by atoms with E-state index in [4.69, 9.17) is 11.6 Å². The van der Waals surface area contributed by atoms with E-state index in [1.54, 1.807) is 12.4 Å². The van der Waals surface area contributed by atoms with Gasteiger partial charge < -0.3 is 10.6 Å². The fraction of sp³-hybridized carbons (Fsp3) is 0.323. The zero-order valence-electron chi connectivity index (χ0n) is 23.0. The van der Waals surface area contributed by atoms with Crippen LogP contribution in [-0.2, 0) is 5.54 Å². The molecule has 5 aromatic rings. The van der Waals surface area contributed by atoms with Crippen LogP contribution >= 0.6 is 11.6 Å². The molecule has 1 aliphatic carbocycles. The molecule has 0 amide bonds. The summed E-state index contributed by atoms with van der Waals surface area (Å²) in [5.74, 6) is 0. The third-order valence-corrected chi connectivity index (χ3v) is 7.76. The molecule has 0 bridgehead atoms. The Labute approximate surface area is 238 Å². The fourth-order valence-electron chi connectivity index (χ4n) is 4.91. The van der Waals surface area contributed by atoms with Gasteiger partial charge in [0, 0.05) is 35.4 Å². The first-order valence-corrected chi connectivity index (χ1v) is 13.8. The summed E-state index contributed by atoms with van der Waals surface area (Å²) in [7, 11) is 0. The molecule has 40 heavy (non-hydrogen) atoms. The highest BCUT2D eigenvalue weighted by molar-refractivity contribution is 6.35. The van der Waals surface area contributed by atoms with Crippen LogP contribution in [-0.4, -0.2) is 31.5 Å². The van der Waals surface area contributed by atoms with E-state index in [0.717, 1.165) is 51.8 Å². The molecule has 1 fully saturated rings. The number of hydrogen-bond donors (Lipinski definition) is 2. The molecule has 1 saturated carbocycles. The summed E-state index contributed by atoms with van der Waals surface area (Å²) in [6.45, 7) is 9.32. The van der Waals surface area contributed by atoms with Gasteiger partial charge in [0.2, 0.25) is 0 Å². The van der Waals surface area contributed by atoms with E-state index in [2.05, 4.69) is 76.8 Å². The predicted octanol–water partition coefficient (Wildman–Crippen LogP) is 7.07. The Hall–Kier alpha value is -4.22. The van der Waals surface area contributed by atoms with Gasteiger partial charge in [-0.1, -0.05) is 55.8 Å². The van der Waals surface area contributed by atoms with Crippen LogP contribution in [0.3, 0.4) is 0 Å². The van der Waals surface area contributed by atoms with Crippen molar-refractivity contribution in [3.63, 3.8) is 0 Å². The van der Waals surface area contributed by atoms with Crippen LogP contribution in [0, 0.1) is 16.7 Å². The molecule has 0 saturated heterocycles. The number of nitriles is 1. The van der Waals surface area contributed by atoms with Gasteiger partial charge in [-0.3, -0.25) is 9.97 Å². The number of hydrogen-bond acceptors (Lipinski definition) is 7. The lowest BCUT2D eigenvalue weighted by molar-refractivity contribution is 0.443. The monoisotopic (exact) mass is 550 g/mol. The van der Waals surface area contributed by atoms with Crippen molar-refractivity contribution in [3.8, 4) is 6.07 Å². The van der Waals surface area contributed by atoms with Crippen molar-refractivity contribution in [2.45, 2.75) is 52.1 Å². The molecule has 2 N–H and O–H groups in total. The number of aromatic nitrogens is 5. The summed E-state index contributed by atoms with van der Waals surface area (Å²) >= 11 is 6.81. The number of pyridine rings is 2. The zero-order valence-corrected chi connectivity index (χ0v) is 23.8. The Bertz CT molecular complexity index is 1770. The van der Waals surface area contributed by atoms with Gasteiger partial charge >= 0.3 is 0 Å². The van der Waals surface area contributed by atoms with Gasteiger partial charge in [0.25, 0.3) is 0 Å². The minimum atomic E-state index is -0.324. The summed E-state index contributed by atoms with van der Waals surface area (Å²) < 4.78 is 1.98. The fourth-order valence-corrected chi connectivity index (χ4v) is 5.18. The van der Waals surface area contributed by atoms with Crippen molar-refractivity contribution in [1.29, 1.82) is 5.26 Å². The van der Waals surface area contributed by atoms with Crippen LogP contribution in [0.4, 0.5) is 11.4 Å². The lowest BCUT2D eigenvalue weighted by Gasteiger charge is -2.23. The van der Waals surface area contributed by atoms with E-state index < -0.39 is 0 Å². The van der Waals surface area contributed by atoms with Crippen LogP contribution in [0.2, 0.25) is 5.02 Å². The highest BCUT2D eigenvalue weighted by atomic mass is 35.5. The number of halogens is 1. The highest BCUT2D eigenvalue weighted by Gasteiger charge is 2.41. The minimum absolute atomic E-state index is 0.0134. The SMILES string of the molecule is CC(C)(C)CNc1c(C#N)cnc2c(Cl)cc(N[C@H](c3cn(C4(C)CC4)nn3)c3cccc4ncccc34)cc12. The second-order valence-electron chi connectivity index (χ2n) is 12.0. The van der Waals surface area contributed by atoms with Gasteiger partial charge in [-0.05, 0) is 55.0 Å². The summed E-state index contributed by atoms with van der Waals surface area (Å²) in [6.07, 6.45) is 7.59. The first-order chi connectivity index (χ1) is 19.1. The Morgan fingerprint density at radius 3 is 2.70 bits per heavy atom. The van der Waals surface area contributed by atoms with Crippen molar-refractivity contribution in [2.24, 2.45) is 5.41 Å².